The van der Waals surface area contributed by atoms with Gasteiger partial charge in [0.1, 0.15) is 6.04 Å². The minimum Gasteiger partial charge on any atom is -0.466 e. The van der Waals surface area contributed by atoms with Gasteiger partial charge in [-0.1, -0.05) is 25.1 Å². The number of likely N-dealkylation sites (N-methyl/N-ethyl adjacent to an activating group) is 1. The number of ether oxygens (including phenoxy) is 1. The van der Waals surface area contributed by atoms with Crippen LogP contribution in [-0.2, 0) is 14.9 Å². The van der Waals surface area contributed by atoms with Gasteiger partial charge >= 0.3 is 5.97 Å². The first kappa shape index (κ1) is 17.3. The fourth-order valence-electron chi connectivity index (χ4n) is 7.53. The van der Waals surface area contributed by atoms with Crippen LogP contribution in [0.1, 0.15) is 51.5 Å². The summed E-state index contributed by atoms with van der Waals surface area (Å²) in [5, 5.41) is 3.70. The number of hydrogen-bond acceptors (Lipinski definition) is 3. The summed E-state index contributed by atoms with van der Waals surface area (Å²) >= 11 is 0. The van der Waals surface area contributed by atoms with Gasteiger partial charge in [-0.15, -0.1) is 0 Å². The van der Waals surface area contributed by atoms with E-state index >= 15 is 0 Å². The van der Waals surface area contributed by atoms with Crippen LogP contribution in [0.4, 0.5) is 5.69 Å². The van der Waals surface area contributed by atoms with E-state index in [0.29, 0.717) is 6.04 Å². The molecule has 2 fully saturated rings. The molecule has 4 aliphatic rings. The Balaban J connectivity index is 1.84. The Morgan fingerprint density at radius 1 is 1.26 bits per heavy atom. The van der Waals surface area contributed by atoms with Gasteiger partial charge in [-0.2, -0.15) is 0 Å². The number of piperidine rings is 1. The Kier molecular flexibility index (Phi) is 3.59. The highest BCUT2D eigenvalue weighted by Gasteiger charge is 2.72. The molecule has 1 spiro atoms. The molecule has 144 valence electrons. The van der Waals surface area contributed by atoms with Gasteiger partial charge < -0.3 is 14.5 Å². The van der Waals surface area contributed by atoms with Crippen LogP contribution in [0.3, 0.4) is 0 Å². The number of esters is 1. The van der Waals surface area contributed by atoms with Crippen LogP contribution in [0.25, 0.3) is 0 Å². The van der Waals surface area contributed by atoms with Crippen molar-refractivity contribution in [2.75, 3.05) is 32.1 Å². The molecule has 0 aromatic heterocycles. The number of quaternary nitrogens is 1. The maximum absolute atomic E-state index is 12.9. The second-order valence-electron chi connectivity index (χ2n) is 9.12. The Morgan fingerprint density at radius 3 is 2.81 bits per heavy atom. The van der Waals surface area contributed by atoms with E-state index in [1.54, 1.807) is 0 Å². The molecule has 5 rings (SSSR count). The summed E-state index contributed by atoms with van der Waals surface area (Å²) in [5.74, 6) is -0.136. The average molecular weight is 368 g/mol. The van der Waals surface area contributed by atoms with Crippen molar-refractivity contribution in [3.05, 3.63) is 41.1 Å². The Hall–Kier alpha value is -1.81. The van der Waals surface area contributed by atoms with E-state index in [2.05, 4.69) is 43.4 Å². The molecule has 0 saturated carbocycles. The van der Waals surface area contributed by atoms with Gasteiger partial charge in [0.25, 0.3) is 0 Å². The maximum atomic E-state index is 12.9. The average Bonchev–Trinajstić information content (AvgIpc) is 3.25. The molecule has 4 nitrogen and oxygen atoms in total. The molecule has 2 saturated heterocycles. The summed E-state index contributed by atoms with van der Waals surface area (Å²) in [4.78, 5) is 12.9. The third-order valence-corrected chi connectivity index (χ3v) is 8.53. The molecule has 0 amide bonds. The Morgan fingerprint density at radius 2 is 2.07 bits per heavy atom. The number of carbonyl (C=O) groups excluding carboxylic acids is 1. The summed E-state index contributed by atoms with van der Waals surface area (Å²) < 4.78 is 6.50. The lowest BCUT2D eigenvalue weighted by Crippen LogP contribution is -2.68. The van der Waals surface area contributed by atoms with Gasteiger partial charge in [0, 0.05) is 23.2 Å². The maximum Gasteiger partial charge on any atom is 0.335 e. The molecule has 4 heteroatoms. The van der Waals surface area contributed by atoms with E-state index in [4.69, 9.17) is 4.74 Å². The van der Waals surface area contributed by atoms with Crippen LogP contribution in [-0.4, -0.2) is 43.2 Å². The molecule has 1 aliphatic carbocycles. The SMILES string of the molecule is CCC12CCC[N+]3(CC)CCC4(C(=C(C(=O)OC)C1)Nc1ccccc14)C23. The molecule has 3 aliphatic heterocycles. The standard InChI is InChI=1S/C23H30N2O2/c1-4-22-11-8-13-25(5-2)14-12-23(21(22)25)17-9-6-7-10-18(17)24-19(23)16(15-22)20(26)27-3/h6-7,9-10,21H,4-5,8,11-15H2,1-3H3/p+1. The number of hydrogen-bond donors (Lipinski definition) is 1. The lowest BCUT2D eigenvalue weighted by Gasteiger charge is -2.59. The van der Waals surface area contributed by atoms with Crippen LogP contribution < -0.4 is 5.32 Å². The highest BCUT2D eigenvalue weighted by Crippen LogP contribution is 2.67. The minimum atomic E-state index is -0.136. The van der Waals surface area contributed by atoms with Gasteiger partial charge in [0.2, 0.25) is 0 Å². The Labute approximate surface area is 162 Å². The predicted molar refractivity (Wildman–Crippen MR) is 106 cm³/mol. The van der Waals surface area contributed by atoms with E-state index in [1.165, 1.54) is 61.0 Å². The number of carbonyl (C=O) groups is 1. The third kappa shape index (κ3) is 1.90. The zero-order chi connectivity index (χ0) is 18.9. The zero-order valence-corrected chi connectivity index (χ0v) is 16.8. The number of fused-ring (bicyclic) bond motifs is 1. The number of nitrogens with one attached hydrogen (secondary N) is 1. The fraction of sp³-hybridized carbons (Fsp3) is 0.609. The van der Waals surface area contributed by atoms with Gasteiger partial charge in [0.15, 0.2) is 0 Å². The molecule has 4 atom stereocenters. The van der Waals surface area contributed by atoms with Crippen LogP contribution >= 0.6 is 0 Å². The largest absolute Gasteiger partial charge is 0.466 e. The molecular formula is C23H31N2O2+. The van der Waals surface area contributed by atoms with Gasteiger partial charge in [-0.25, -0.2) is 4.79 Å². The molecule has 4 unspecified atom stereocenters. The highest BCUT2D eigenvalue weighted by atomic mass is 16.5. The third-order valence-electron chi connectivity index (χ3n) is 8.53. The van der Waals surface area contributed by atoms with Gasteiger partial charge in [-0.05, 0) is 44.2 Å². The van der Waals surface area contributed by atoms with E-state index in [9.17, 15) is 4.79 Å². The first-order valence-electron chi connectivity index (χ1n) is 10.6. The monoisotopic (exact) mass is 367 g/mol. The van der Waals surface area contributed by atoms with E-state index in [0.717, 1.165) is 24.8 Å². The van der Waals surface area contributed by atoms with Crippen molar-refractivity contribution in [1.82, 2.24) is 0 Å². The molecule has 1 aromatic rings. The van der Waals surface area contributed by atoms with Crippen molar-refractivity contribution in [2.45, 2.75) is 57.4 Å². The van der Waals surface area contributed by atoms with Crippen molar-refractivity contribution in [3.63, 3.8) is 0 Å². The summed E-state index contributed by atoms with van der Waals surface area (Å²) in [6.07, 6.45) is 5.63. The molecule has 3 heterocycles. The minimum absolute atomic E-state index is 0.0508. The number of nitrogens with zero attached hydrogens (tertiary/aromatic N) is 1. The molecule has 1 aromatic carbocycles. The lowest BCUT2D eigenvalue weighted by atomic mass is 9.53. The zero-order valence-electron chi connectivity index (χ0n) is 16.8. The molecule has 0 radical (unpaired) electrons. The Bertz CT molecular complexity index is 847. The number of rotatable bonds is 3. The van der Waals surface area contributed by atoms with Crippen molar-refractivity contribution in [3.8, 4) is 0 Å². The number of benzene rings is 1. The van der Waals surface area contributed by atoms with Gasteiger partial charge in [0.05, 0.1) is 37.7 Å². The topological polar surface area (TPSA) is 38.3 Å². The molecule has 1 N–H and O–H groups in total. The van der Waals surface area contributed by atoms with Crippen LogP contribution in [0.2, 0.25) is 0 Å². The van der Waals surface area contributed by atoms with Crippen LogP contribution in [0, 0.1) is 5.41 Å². The van der Waals surface area contributed by atoms with E-state index in [1.807, 2.05) is 0 Å². The van der Waals surface area contributed by atoms with Crippen molar-refractivity contribution < 1.29 is 14.0 Å². The summed E-state index contributed by atoms with van der Waals surface area (Å²) in [7, 11) is 1.53. The van der Waals surface area contributed by atoms with E-state index < -0.39 is 0 Å². The summed E-state index contributed by atoms with van der Waals surface area (Å²) in [6.45, 7) is 8.41. The second-order valence-corrected chi connectivity index (χ2v) is 9.12. The lowest BCUT2D eigenvalue weighted by molar-refractivity contribution is -0.952. The predicted octanol–water partition coefficient (Wildman–Crippen LogP) is 3.98. The van der Waals surface area contributed by atoms with Gasteiger partial charge in [-0.3, -0.25) is 0 Å². The summed E-state index contributed by atoms with van der Waals surface area (Å²) in [6, 6.07) is 9.32. The molecular weight excluding hydrogens is 336 g/mol. The highest BCUT2D eigenvalue weighted by molar-refractivity contribution is 5.93. The number of anilines is 1. The quantitative estimate of drug-likeness (QED) is 0.649. The number of methoxy groups -OCH3 is 1. The smallest absolute Gasteiger partial charge is 0.335 e. The normalized spacial score (nSPS) is 38.7. The van der Waals surface area contributed by atoms with E-state index in [-0.39, 0.29) is 16.8 Å². The van der Waals surface area contributed by atoms with Crippen LogP contribution in [0.5, 0.6) is 0 Å². The summed E-state index contributed by atoms with van der Waals surface area (Å²) in [5.41, 5.74) is 4.83. The first-order chi connectivity index (χ1) is 13.1. The van der Waals surface area contributed by atoms with Crippen LogP contribution in [0.15, 0.2) is 35.5 Å². The second kappa shape index (κ2) is 5.60. The van der Waals surface area contributed by atoms with Crippen molar-refractivity contribution in [2.24, 2.45) is 5.41 Å². The fourth-order valence-corrected chi connectivity index (χ4v) is 7.53. The first-order valence-corrected chi connectivity index (χ1v) is 10.6. The van der Waals surface area contributed by atoms with Crippen molar-refractivity contribution >= 4 is 11.7 Å². The number of para-hydroxylation sites is 1. The molecule has 0 bridgehead atoms. The van der Waals surface area contributed by atoms with Crippen molar-refractivity contribution in [1.29, 1.82) is 0 Å². The molecule has 27 heavy (non-hydrogen) atoms.